The van der Waals surface area contributed by atoms with Crippen LogP contribution in [0.3, 0.4) is 0 Å². The number of hydrogen-bond acceptors (Lipinski definition) is 4. The molecule has 0 spiro atoms. The van der Waals surface area contributed by atoms with Crippen LogP contribution in [0.4, 0.5) is 0 Å². The van der Waals surface area contributed by atoms with Crippen molar-refractivity contribution < 1.29 is 4.79 Å². The van der Waals surface area contributed by atoms with Crippen molar-refractivity contribution in [1.82, 2.24) is 20.1 Å². The number of carbonyl (C=O) groups is 1. The van der Waals surface area contributed by atoms with Crippen molar-refractivity contribution >= 4 is 5.91 Å². The molecule has 84 valence electrons. The highest BCUT2D eigenvalue weighted by molar-refractivity contribution is 5.85. The van der Waals surface area contributed by atoms with Crippen LogP contribution >= 0.6 is 0 Å². The van der Waals surface area contributed by atoms with Crippen LogP contribution in [0, 0.1) is 0 Å². The maximum Gasteiger partial charge on any atom is 0.240 e. The average Bonchev–Trinajstić information content (AvgIpc) is 2.60. The topological polar surface area (TPSA) is 85.8 Å². The average molecular weight is 211 g/mol. The molecular weight excluding hydrogens is 194 g/mol. The Hall–Kier alpha value is -1.43. The van der Waals surface area contributed by atoms with E-state index >= 15 is 0 Å². The molecule has 1 rings (SSSR count). The summed E-state index contributed by atoms with van der Waals surface area (Å²) in [7, 11) is 1.82. The van der Waals surface area contributed by atoms with E-state index in [1.807, 2.05) is 14.0 Å². The lowest BCUT2D eigenvalue weighted by Crippen LogP contribution is -2.51. The van der Waals surface area contributed by atoms with Gasteiger partial charge in [-0.15, -0.1) is 10.2 Å². The second-order valence-electron chi connectivity index (χ2n) is 3.81. The number of nitrogens with zero attached hydrogens (tertiary/aromatic N) is 3. The summed E-state index contributed by atoms with van der Waals surface area (Å²) in [5.74, 6) is 0.531. The molecule has 1 atom stereocenters. The monoisotopic (exact) mass is 211 g/mol. The van der Waals surface area contributed by atoms with Crippen LogP contribution in [0.25, 0.3) is 0 Å². The Kier molecular flexibility index (Phi) is 3.41. The maximum atomic E-state index is 11.6. The summed E-state index contributed by atoms with van der Waals surface area (Å²) in [4.78, 5) is 11.6. The van der Waals surface area contributed by atoms with Gasteiger partial charge in [-0.2, -0.15) is 0 Å². The molecule has 1 aromatic heterocycles. The van der Waals surface area contributed by atoms with E-state index in [1.54, 1.807) is 17.8 Å². The predicted octanol–water partition coefficient (Wildman–Crippen LogP) is -0.441. The van der Waals surface area contributed by atoms with Crippen molar-refractivity contribution in [2.45, 2.75) is 32.4 Å². The zero-order valence-electron chi connectivity index (χ0n) is 9.32. The normalized spacial score (nSPS) is 14.7. The van der Waals surface area contributed by atoms with Gasteiger partial charge in [-0.05, 0) is 13.3 Å². The summed E-state index contributed by atoms with van der Waals surface area (Å²) in [6.07, 6.45) is 2.18. The van der Waals surface area contributed by atoms with Crippen LogP contribution in [0.1, 0.15) is 26.1 Å². The molecule has 0 aliphatic rings. The van der Waals surface area contributed by atoms with Crippen LogP contribution in [0.5, 0.6) is 0 Å². The molecule has 15 heavy (non-hydrogen) atoms. The fourth-order valence-electron chi connectivity index (χ4n) is 0.989. The Morgan fingerprint density at radius 1 is 1.73 bits per heavy atom. The van der Waals surface area contributed by atoms with Crippen LogP contribution in [0.2, 0.25) is 0 Å². The fraction of sp³-hybridized carbons (Fsp3) is 0.667. The summed E-state index contributed by atoms with van der Waals surface area (Å²) >= 11 is 0. The van der Waals surface area contributed by atoms with Crippen molar-refractivity contribution in [3.63, 3.8) is 0 Å². The number of nitrogens with one attached hydrogen (secondary N) is 1. The van der Waals surface area contributed by atoms with Gasteiger partial charge in [-0.25, -0.2) is 0 Å². The van der Waals surface area contributed by atoms with E-state index in [1.165, 1.54) is 0 Å². The molecule has 6 heteroatoms. The molecular formula is C9H17N5O. The third-order valence-corrected chi connectivity index (χ3v) is 2.47. The Bertz CT molecular complexity index is 344. The fourth-order valence-corrected chi connectivity index (χ4v) is 0.989. The standard InChI is InChI=1S/C9H17N5O/c1-4-9(2,10)8(15)11-5-7-13-12-6-14(7)3/h6H,4-5,10H2,1-3H3,(H,11,15). The zero-order valence-corrected chi connectivity index (χ0v) is 9.32. The molecule has 0 saturated carbocycles. The summed E-state index contributed by atoms with van der Waals surface area (Å²) in [5, 5.41) is 10.3. The molecule has 0 saturated heterocycles. The number of rotatable bonds is 4. The maximum absolute atomic E-state index is 11.6. The van der Waals surface area contributed by atoms with Crippen molar-refractivity contribution in [2.75, 3.05) is 0 Å². The highest BCUT2D eigenvalue weighted by Gasteiger charge is 2.25. The largest absolute Gasteiger partial charge is 0.347 e. The molecule has 1 aromatic rings. The lowest BCUT2D eigenvalue weighted by Gasteiger charge is -2.21. The second-order valence-corrected chi connectivity index (χ2v) is 3.81. The van der Waals surface area contributed by atoms with E-state index in [4.69, 9.17) is 5.73 Å². The molecule has 0 fully saturated rings. The Morgan fingerprint density at radius 3 is 2.87 bits per heavy atom. The minimum Gasteiger partial charge on any atom is -0.347 e. The summed E-state index contributed by atoms with van der Waals surface area (Å²) in [6, 6.07) is 0. The summed E-state index contributed by atoms with van der Waals surface area (Å²) in [5.41, 5.74) is 4.96. The quantitative estimate of drug-likeness (QED) is 0.707. The Labute approximate surface area is 88.9 Å². The van der Waals surface area contributed by atoms with Gasteiger partial charge in [0.2, 0.25) is 5.91 Å². The third kappa shape index (κ3) is 2.76. The predicted molar refractivity (Wildman–Crippen MR) is 55.7 cm³/mol. The van der Waals surface area contributed by atoms with Crippen molar-refractivity contribution in [3.8, 4) is 0 Å². The minimum absolute atomic E-state index is 0.173. The number of hydrogen-bond donors (Lipinski definition) is 2. The molecule has 1 unspecified atom stereocenters. The molecule has 0 aliphatic carbocycles. The van der Waals surface area contributed by atoms with Crippen molar-refractivity contribution in [2.24, 2.45) is 12.8 Å². The first-order valence-electron chi connectivity index (χ1n) is 4.87. The molecule has 0 radical (unpaired) electrons. The lowest BCUT2D eigenvalue weighted by atomic mass is 10.00. The van der Waals surface area contributed by atoms with E-state index in [9.17, 15) is 4.79 Å². The van der Waals surface area contributed by atoms with Gasteiger partial charge in [-0.3, -0.25) is 4.79 Å². The van der Waals surface area contributed by atoms with Gasteiger partial charge in [0.25, 0.3) is 0 Å². The summed E-state index contributed by atoms with van der Waals surface area (Å²) < 4.78 is 1.75. The smallest absolute Gasteiger partial charge is 0.240 e. The van der Waals surface area contributed by atoms with Crippen LogP contribution in [0.15, 0.2) is 6.33 Å². The van der Waals surface area contributed by atoms with Gasteiger partial charge in [0.15, 0.2) is 5.82 Å². The number of carbonyl (C=O) groups excluding carboxylic acids is 1. The molecule has 0 aromatic carbocycles. The molecule has 0 aliphatic heterocycles. The highest BCUT2D eigenvalue weighted by atomic mass is 16.2. The first-order valence-corrected chi connectivity index (χ1v) is 4.87. The van der Waals surface area contributed by atoms with Crippen molar-refractivity contribution in [1.29, 1.82) is 0 Å². The Morgan fingerprint density at radius 2 is 2.40 bits per heavy atom. The van der Waals surface area contributed by atoms with Crippen molar-refractivity contribution in [3.05, 3.63) is 12.2 Å². The van der Waals surface area contributed by atoms with Gasteiger partial charge in [0.1, 0.15) is 6.33 Å². The lowest BCUT2D eigenvalue weighted by molar-refractivity contribution is -0.126. The number of nitrogens with two attached hydrogens (primary N) is 1. The second kappa shape index (κ2) is 4.39. The molecule has 1 heterocycles. The minimum atomic E-state index is -0.821. The Balaban J connectivity index is 2.52. The first-order chi connectivity index (χ1) is 6.97. The first kappa shape index (κ1) is 11.6. The molecule has 1 amide bonds. The summed E-state index contributed by atoms with van der Waals surface area (Å²) in [6.45, 7) is 3.93. The SMILES string of the molecule is CCC(C)(N)C(=O)NCc1nncn1C. The van der Waals surface area contributed by atoms with E-state index in [-0.39, 0.29) is 5.91 Å². The molecule has 6 nitrogen and oxygen atoms in total. The van der Waals surface area contributed by atoms with Crippen LogP contribution < -0.4 is 11.1 Å². The van der Waals surface area contributed by atoms with Gasteiger partial charge < -0.3 is 15.6 Å². The van der Waals surface area contributed by atoms with Gasteiger partial charge in [0.05, 0.1) is 12.1 Å². The van der Waals surface area contributed by atoms with E-state index < -0.39 is 5.54 Å². The number of aryl methyl sites for hydroxylation is 1. The third-order valence-electron chi connectivity index (χ3n) is 2.47. The van der Waals surface area contributed by atoms with E-state index in [0.717, 1.165) is 0 Å². The van der Waals surface area contributed by atoms with Gasteiger partial charge >= 0.3 is 0 Å². The molecule has 0 bridgehead atoms. The number of amides is 1. The van der Waals surface area contributed by atoms with Gasteiger partial charge in [0, 0.05) is 7.05 Å². The van der Waals surface area contributed by atoms with Gasteiger partial charge in [-0.1, -0.05) is 6.92 Å². The van der Waals surface area contributed by atoms with Crippen LogP contribution in [-0.2, 0) is 18.4 Å². The number of aromatic nitrogens is 3. The highest BCUT2D eigenvalue weighted by Crippen LogP contribution is 2.04. The van der Waals surface area contributed by atoms with Crippen LogP contribution in [-0.4, -0.2) is 26.2 Å². The molecule has 3 N–H and O–H groups in total. The van der Waals surface area contributed by atoms with E-state index in [2.05, 4.69) is 15.5 Å². The zero-order chi connectivity index (χ0) is 11.5. The van der Waals surface area contributed by atoms with E-state index in [0.29, 0.717) is 18.8 Å².